The number of benzene rings is 2. The molecule has 0 bridgehead atoms. The molecule has 6 aromatic rings. The summed E-state index contributed by atoms with van der Waals surface area (Å²) in [6.07, 6.45) is 0.489. The van der Waals surface area contributed by atoms with Crippen LogP contribution >= 0.6 is 21.6 Å². The molecule has 0 unspecified atom stereocenters. The number of carboxylic acid groups (broad SMARTS) is 6. The summed E-state index contributed by atoms with van der Waals surface area (Å²) in [5.41, 5.74) is 1.74. The third-order valence-electron chi connectivity index (χ3n) is 21.9. The van der Waals surface area contributed by atoms with Gasteiger partial charge in [-0.2, -0.15) is 0 Å². The van der Waals surface area contributed by atoms with Gasteiger partial charge in [0.1, 0.15) is 83.9 Å². The van der Waals surface area contributed by atoms with Crippen molar-refractivity contribution in [2.45, 2.75) is 250 Å². The van der Waals surface area contributed by atoms with E-state index in [9.17, 15) is 103 Å². The van der Waals surface area contributed by atoms with Crippen molar-refractivity contribution in [3.05, 3.63) is 102 Å². The number of para-hydroxylation sites is 2. The summed E-state index contributed by atoms with van der Waals surface area (Å²) in [5.74, 6) is -27.6. The largest absolute Gasteiger partial charge is 0.481 e. The van der Waals surface area contributed by atoms with E-state index in [-0.39, 0.29) is 69.0 Å². The van der Waals surface area contributed by atoms with Crippen molar-refractivity contribution in [3.63, 3.8) is 0 Å². The molecule has 1 aliphatic rings. The van der Waals surface area contributed by atoms with E-state index in [1.54, 1.807) is 82.4 Å². The molecular weight excluding hydrogens is 1880 g/mol. The van der Waals surface area contributed by atoms with Crippen molar-refractivity contribution in [2.75, 3.05) is 24.7 Å². The van der Waals surface area contributed by atoms with Gasteiger partial charge in [-0.05, 0) is 99.8 Å². The number of ether oxygens (including phenoxy) is 1. The Morgan fingerprint density at radius 3 is 1.80 bits per heavy atom. The molecule has 0 radical (unpaired) electrons. The van der Waals surface area contributed by atoms with E-state index in [4.69, 9.17) is 9.84 Å². The number of hydrogen-bond donors (Lipinski definition) is 24. The number of carbonyl (C=O) groups is 20. The Kier molecular flexibility index (Phi) is 44.4. The maximum Gasteiger partial charge on any atom is 0.328 e. The highest BCUT2D eigenvalue weighted by Gasteiger charge is 2.40. The summed E-state index contributed by atoms with van der Waals surface area (Å²) < 4.78 is 7.02. The normalized spacial score (nSPS) is 20.5. The topological polar surface area (TPSA) is 764 Å². The molecule has 2 aromatic carbocycles. The average molecular weight is 2000 g/mol. The van der Waals surface area contributed by atoms with Gasteiger partial charge < -0.3 is 130 Å². The van der Waals surface area contributed by atoms with Gasteiger partial charge in [0.2, 0.25) is 65.0 Å². The molecule has 7 rings (SSSR count). The Morgan fingerprint density at radius 2 is 1.18 bits per heavy atom. The van der Waals surface area contributed by atoms with Gasteiger partial charge in [0.05, 0.1) is 50.5 Å². The van der Waals surface area contributed by atoms with Crippen LogP contribution in [0.1, 0.15) is 161 Å². The monoisotopic (exact) mass is 2000 g/mol. The molecule has 52 heteroatoms. The molecule has 0 aliphatic carbocycles. The number of urea groups is 1. The van der Waals surface area contributed by atoms with Crippen LogP contribution in [-0.4, -0.2) is 304 Å². The van der Waals surface area contributed by atoms with Crippen molar-refractivity contribution in [3.8, 4) is 0 Å². The molecule has 0 fully saturated rings. The molecule has 5 heterocycles. The van der Waals surface area contributed by atoms with Gasteiger partial charge in [-0.25, -0.2) is 29.2 Å². The molecule has 0 saturated heterocycles. The number of aliphatic carboxylic acids is 6. The summed E-state index contributed by atoms with van der Waals surface area (Å²) in [7, 11) is 1.35. The van der Waals surface area contributed by atoms with E-state index in [2.05, 4.69) is 104 Å². The number of carboxylic acids is 6. The van der Waals surface area contributed by atoms with Crippen LogP contribution in [0, 0.1) is 17.8 Å². The van der Waals surface area contributed by atoms with Gasteiger partial charge in [0, 0.05) is 96.5 Å². The number of nitrogens with zero attached hydrogens (tertiary/aromatic N) is 5. The quantitative estimate of drug-likeness (QED) is 0.0158. The number of hydrogen-bond acceptors (Lipinski definition) is 27. The molecule has 50 nitrogen and oxygen atoms in total. The van der Waals surface area contributed by atoms with Gasteiger partial charge in [-0.1, -0.05) is 112 Å². The number of amides is 15. The zero-order valence-electron chi connectivity index (χ0n) is 78.1. The Labute approximate surface area is 808 Å². The summed E-state index contributed by atoms with van der Waals surface area (Å²) in [6, 6.07) is -10.1. The van der Waals surface area contributed by atoms with Crippen LogP contribution < -0.4 is 74.4 Å². The van der Waals surface area contributed by atoms with Crippen LogP contribution in [0.4, 0.5) is 4.79 Å². The molecule has 762 valence electrons. The molecule has 0 saturated carbocycles. The Bertz CT molecular complexity index is 5430. The maximum absolute atomic E-state index is 15.3. The van der Waals surface area contributed by atoms with E-state index in [0.29, 0.717) is 54.5 Å². The maximum atomic E-state index is 15.3. The van der Waals surface area contributed by atoms with Gasteiger partial charge >= 0.3 is 41.8 Å². The van der Waals surface area contributed by atoms with E-state index in [1.165, 1.54) is 50.4 Å². The molecule has 15 amide bonds. The molecule has 0 spiro atoms. The lowest BCUT2D eigenvalue weighted by atomic mass is 9.92. The third-order valence-corrected chi connectivity index (χ3v) is 24.3. The predicted molar refractivity (Wildman–Crippen MR) is 500 cm³/mol. The number of aliphatic hydroxyl groups excluding tert-OH is 1. The standard InChI is InChI=1S/C88H120N22O28S2/c1-42(2)28-59-75(121)92-36-67(113)95-56(21-23-68(114)115)76(122)98-60(29-43(3)4)80(126)105-71(44(5)6)83(129)99-61(30-48-33-90-54-18-12-10-16-51(48)54)77(123)102-65(82(128)107-73(47(9)111)87(135)136)40-140-139-39-64(81(127)94-46(8)74(120)106-72(45(7)53-35-91-55-19-13-11-17-52(53)55)84(130)100-62(78(124)97-59)31-49-34-89-41-93-49)101-79(125)63(32-70(118)119)96-66(112)25-27-138-38-50-37-110(109-108-50)26-15-14-20-57(85(131)132)103-88(137)104-58(86(133)134)22-24-69(116)117/h10-13,16-19,33-35,37,41-47,56-61,63-65,71-73,90-91,111H,14-15,20-32,36,38-40H2,1-9H3,(H,89,93)(H,92,121)(H,94,127)(H,95,113)(H,96,112)(H,97,124)(H,98,122)(H,99,129)(H,101,125)(H,102,123)(H,105,126)(H,106,120)(H,107,128)(H,114,115)(H,116,117)(H,118,119)(H,131,132)(H,133,134)(H,135,136)(H2,103,104,137)/t45-,46+,47-,56+,57+,58+,59+,60+,61+,63+,64+,65+,71+,72+,73+/m1/s1. The van der Waals surface area contributed by atoms with Crippen LogP contribution in [0.2, 0.25) is 0 Å². The van der Waals surface area contributed by atoms with Crippen LogP contribution in [0.3, 0.4) is 0 Å². The molecule has 140 heavy (non-hydrogen) atoms. The number of aryl methyl sites for hydroxylation is 1. The Morgan fingerprint density at radius 1 is 0.571 bits per heavy atom. The first kappa shape index (κ1) is 113. The predicted octanol–water partition coefficient (Wildman–Crippen LogP) is -1.22. The molecule has 4 aromatic heterocycles. The second-order valence-corrected chi connectivity index (χ2v) is 37.0. The van der Waals surface area contributed by atoms with Crippen molar-refractivity contribution in [1.82, 2.24) is 109 Å². The highest BCUT2D eigenvalue weighted by atomic mass is 33.1. The zero-order chi connectivity index (χ0) is 103. The molecule has 24 N–H and O–H groups in total. The lowest BCUT2D eigenvalue weighted by Crippen LogP contribution is -2.61. The number of carbonyl (C=O) groups excluding carboxylic acids is 14. The van der Waals surface area contributed by atoms with Gasteiger partial charge in [-0.3, -0.25) is 81.4 Å². The van der Waals surface area contributed by atoms with Crippen molar-refractivity contribution < 1.29 is 136 Å². The second kappa shape index (κ2) is 55.2. The van der Waals surface area contributed by atoms with Gasteiger partial charge in [0.25, 0.3) is 11.8 Å². The first-order valence-corrected chi connectivity index (χ1v) is 47.3. The lowest BCUT2D eigenvalue weighted by Gasteiger charge is -2.29. The lowest BCUT2D eigenvalue weighted by molar-refractivity contribution is -0.145. The smallest absolute Gasteiger partial charge is 0.328 e. The van der Waals surface area contributed by atoms with E-state index < -0.39 is 296 Å². The highest BCUT2D eigenvalue weighted by Crippen LogP contribution is 2.30. The number of aromatic nitrogens is 7. The molecule has 15 atom stereocenters. The molecule has 1 aliphatic heterocycles. The minimum Gasteiger partial charge on any atom is -0.481 e. The number of unbranched alkanes of at least 4 members (excludes halogenated alkanes) is 1. The number of H-pyrrole nitrogens is 3. The minimum absolute atomic E-state index is 0.129. The molecular formula is C88H120N22O28S2. The Hall–Kier alpha value is -14.4. The first-order valence-electron chi connectivity index (χ1n) is 44.9. The summed E-state index contributed by atoms with van der Waals surface area (Å²) in [6.45, 7) is 12.1. The third kappa shape index (κ3) is 36.5. The second-order valence-electron chi connectivity index (χ2n) is 34.5. The van der Waals surface area contributed by atoms with Gasteiger partial charge in [0.15, 0.2) is 6.04 Å². The van der Waals surface area contributed by atoms with Gasteiger partial charge in [-0.15, -0.1) is 5.10 Å². The fourth-order valence-corrected chi connectivity index (χ4v) is 16.8. The van der Waals surface area contributed by atoms with Crippen LogP contribution in [-0.2, 0) is 122 Å². The fraction of sp³-hybridized carbons (Fsp3) is 0.523. The Balaban J connectivity index is 1.24. The van der Waals surface area contributed by atoms with E-state index >= 15 is 24.0 Å². The number of nitrogens with one attached hydrogen (secondary N) is 17. The SMILES string of the molecule is CC(C)C[C@@H]1NC(=O)C(Cc2c[nH]cn2)=NC(=O)[C@H]([C@H](C)c2c[nH]c3ccccc23)NC(=O)[C@H](C)NC(=O)[C@@H](NC(=O)[C@H](CC(=O)O)NC(=O)CCOCc2cn(CCCC[C@H](NC(=O)N[C@@H](CCC(=O)O)C(=O)O)C(=O)O)nn2)CSSC[C@@H](C(=O)N[C@H](C(=O)O)[C@@H](C)O)NC(=O)[C@H](Cc2c[nH]c3ccccc23)NC(=O)[C@H](C(C)C)NC(=O)[C@H](CC(C)C)NC(=O)[C@H](CCC(=O)O)NC(=O)CNC1=O. The van der Waals surface area contributed by atoms with E-state index in [1.807, 2.05) is 5.32 Å². The zero-order valence-corrected chi connectivity index (χ0v) is 79.7. The van der Waals surface area contributed by atoms with Crippen molar-refractivity contribution >= 4 is 168 Å². The van der Waals surface area contributed by atoms with Crippen LogP contribution in [0.15, 0.2) is 84.6 Å². The van der Waals surface area contributed by atoms with Crippen molar-refractivity contribution in [1.29, 1.82) is 0 Å². The summed E-state index contributed by atoms with van der Waals surface area (Å²) >= 11 is 0. The number of fused-ring (bicyclic) bond motifs is 2. The van der Waals surface area contributed by atoms with Crippen molar-refractivity contribution in [2.24, 2.45) is 22.7 Å². The highest BCUT2D eigenvalue weighted by molar-refractivity contribution is 8.76. The van der Waals surface area contributed by atoms with E-state index in [0.717, 1.165) is 13.8 Å². The average Bonchev–Trinajstić information content (AvgIpc) is 1.64. The number of aliphatic hydroxyl groups is 1. The number of rotatable bonds is 40. The number of imidazole rings is 1. The number of aromatic amines is 3. The first-order chi connectivity index (χ1) is 66.2. The van der Waals surface area contributed by atoms with Crippen LogP contribution in [0.5, 0.6) is 0 Å². The number of aliphatic imine (C=N–C) groups is 1. The fourth-order valence-electron chi connectivity index (χ4n) is 14.5. The minimum atomic E-state index is -2.04. The summed E-state index contributed by atoms with van der Waals surface area (Å²) in [4.78, 5) is 293. The van der Waals surface area contributed by atoms with Crippen LogP contribution in [0.25, 0.3) is 21.8 Å². The summed E-state index contributed by atoms with van der Waals surface area (Å²) in [5, 5.41) is 112.